The van der Waals surface area contributed by atoms with Gasteiger partial charge < -0.3 is 18.8 Å². The highest BCUT2D eigenvalue weighted by Crippen LogP contribution is 2.41. The molecule has 124 valence electrons. The number of hydrogen-bond donors (Lipinski definition) is 0. The van der Waals surface area contributed by atoms with Crippen molar-refractivity contribution in [3.63, 3.8) is 0 Å². The van der Waals surface area contributed by atoms with Gasteiger partial charge in [0, 0.05) is 17.4 Å². The Hall–Kier alpha value is -2.95. The first-order valence-electron chi connectivity index (χ1n) is 7.41. The number of aromatic nitrogens is 1. The molecule has 2 aromatic carbocycles. The summed E-state index contributed by atoms with van der Waals surface area (Å²) in [6, 6.07) is 14.0. The van der Waals surface area contributed by atoms with E-state index in [0.717, 1.165) is 16.9 Å². The SMILES string of the molecule is COc1cc(-c2cccn2-c2cccc(F)c2)cc(OC)c1OC. The predicted molar refractivity (Wildman–Crippen MR) is 90.8 cm³/mol. The summed E-state index contributed by atoms with van der Waals surface area (Å²) in [6.45, 7) is 0. The van der Waals surface area contributed by atoms with Gasteiger partial charge in [0.25, 0.3) is 0 Å². The number of nitrogens with zero attached hydrogens (tertiary/aromatic N) is 1. The highest BCUT2D eigenvalue weighted by molar-refractivity contribution is 5.70. The van der Waals surface area contributed by atoms with Crippen LogP contribution in [0.1, 0.15) is 0 Å². The van der Waals surface area contributed by atoms with Crippen LogP contribution in [0.25, 0.3) is 16.9 Å². The number of rotatable bonds is 5. The lowest BCUT2D eigenvalue weighted by Gasteiger charge is -2.15. The van der Waals surface area contributed by atoms with Gasteiger partial charge in [-0.25, -0.2) is 4.39 Å². The lowest BCUT2D eigenvalue weighted by molar-refractivity contribution is 0.324. The Kier molecular flexibility index (Phi) is 4.42. The van der Waals surface area contributed by atoms with Crippen molar-refractivity contribution in [3.05, 3.63) is 60.5 Å². The number of hydrogen-bond acceptors (Lipinski definition) is 3. The quantitative estimate of drug-likeness (QED) is 0.700. The van der Waals surface area contributed by atoms with Crippen LogP contribution in [0.3, 0.4) is 0 Å². The largest absolute Gasteiger partial charge is 0.493 e. The Labute approximate surface area is 140 Å². The van der Waals surface area contributed by atoms with Crippen molar-refractivity contribution in [2.45, 2.75) is 0 Å². The van der Waals surface area contributed by atoms with Crippen molar-refractivity contribution in [3.8, 4) is 34.2 Å². The first-order chi connectivity index (χ1) is 11.7. The Morgan fingerprint density at radius 2 is 1.54 bits per heavy atom. The average Bonchev–Trinajstić information content (AvgIpc) is 3.10. The molecular weight excluding hydrogens is 309 g/mol. The fourth-order valence-corrected chi connectivity index (χ4v) is 2.70. The monoisotopic (exact) mass is 327 g/mol. The molecule has 0 fully saturated rings. The zero-order valence-corrected chi connectivity index (χ0v) is 13.7. The molecule has 0 spiro atoms. The van der Waals surface area contributed by atoms with Crippen LogP contribution in [0.5, 0.6) is 17.2 Å². The standard InChI is InChI=1S/C19H18FNO3/c1-22-17-10-13(11-18(23-2)19(17)24-3)16-8-5-9-21(16)15-7-4-6-14(20)12-15/h4-12H,1-3H3. The van der Waals surface area contributed by atoms with E-state index in [9.17, 15) is 4.39 Å². The molecule has 3 aromatic rings. The van der Waals surface area contributed by atoms with Crippen molar-refractivity contribution in [2.24, 2.45) is 0 Å². The molecule has 0 amide bonds. The van der Waals surface area contributed by atoms with Gasteiger partial charge in [-0.2, -0.15) is 0 Å². The molecule has 0 saturated carbocycles. The minimum Gasteiger partial charge on any atom is -0.493 e. The second kappa shape index (κ2) is 6.66. The number of methoxy groups -OCH3 is 3. The highest BCUT2D eigenvalue weighted by Gasteiger charge is 2.16. The summed E-state index contributed by atoms with van der Waals surface area (Å²) in [7, 11) is 4.72. The molecule has 5 heteroatoms. The molecule has 0 atom stereocenters. The maximum atomic E-state index is 13.6. The van der Waals surface area contributed by atoms with Crippen molar-refractivity contribution in [1.29, 1.82) is 0 Å². The summed E-state index contributed by atoms with van der Waals surface area (Å²) in [6.07, 6.45) is 1.88. The molecule has 0 unspecified atom stereocenters. The van der Waals surface area contributed by atoms with E-state index in [2.05, 4.69) is 0 Å². The molecule has 3 rings (SSSR count). The maximum absolute atomic E-state index is 13.6. The highest BCUT2D eigenvalue weighted by atomic mass is 19.1. The van der Waals surface area contributed by atoms with E-state index in [0.29, 0.717) is 17.2 Å². The van der Waals surface area contributed by atoms with Gasteiger partial charge in [-0.05, 0) is 42.5 Å². The summed E-state index contributed by atoms with van der Waals surface area (Å²) < 4.78 is 31.6. The Balaban J connectivity index is 2.16. The number of ether oxygens (including phenoxy) is 3. The molecule has 0 bridgehead atoms. The first kappa shape index (κ1) is 15.9. The number of halogens is 1. The van der Waals surface area contributed by atoms with Gasteiger partial charge in [-0.3, -0.25) is 0 Å². The Morgan fingerprint density at radius 3 is 2.12 bits per heavy atom. The molecule has 0 aliphatic heterocycles. The second-order valence-electron chi connectivity index (χ2n) is 5.16. The van der Waals surface area contributed by atoms with Gasteiger partial charge in [0.15, 0.2) is 11.5 Å². The minimum absolute atomic E-state index is 0.281. The molecule has 0 saturated heterocycles. The fraction of sp³-hybridized carbons (Fsp3) is 0.158. The summed E-state index contributed by atoms with van der Waals surface area (Å²) in [5.74, 6) is 1.39. The van der Waals surface area contributed by atoms with Crippen LogP contribution in [-0.4, -0.2) is 25.9 Å². The first-order valence-corrected chi connectivity index (χ1v) is 7.41. The number of benzene rings is 2. The predicted octanol–water partition coefficient (Wildman–Crippen LogP) is 4.31. The smallest absolute Gasteiger partial charge is 0.203 e. The van der Waals surface area contributed by atoms with E-state index in [-0.39, 0.29) is 5.82 Å². The van der Waals surface area contributed by atoms with Crippen molar-refractivity contribution < 1.29 is 18.6 Å². The van der Waals surface area contributed by atoms with Crippen LogP contribution in [-0.2, 0) is 0 Å². The van der Waals surface area contributed by atoms with Gasteiger partial charge in [-0.15, -0.1) is 0 Å². The normalized spacial score (nSPS) is 10.5. The van der Waals surface area contributed by atoms with Gasteiger partial charge in [0.05, 0.1) is 27.0 Å². The van der Waals surface area contributed by atoms with Crippen LogP contribution in [0.2, 0.25) is 0 Å². The molecule has 0 aliphatic carbocycles. The van der Waals surface area contributed by atoms with E-state index in [4.69, 9.17) is 14.2 Å². The maximum Gasteiger partial charge on any atom is 0.203 e. The van der Waals surface area contributed by atoms with Crippen molar-refractivity contribution >= 4 is 0 Å². The summed E-state index contributed by atoms with van der Waals surface area (Å²) in [5.41, 5.74) is 2.50. The Bertz CT molecular complexity index is 832. The molecule has 24 heavy (non-hydrogen) atoms. The topological polar surface area (TPSA) is 32.6 Å². The van der Waals surface area contributed by atoms with E-state index in [1.165, 1.54) is 12.1 Å². The minimum atomic E-state index is -0.281. The average molecular weight is 327 g/mol. The molecule has 0 aliphatic rings. The Morgan fingerprint density at radius 1 is 0.833 bits per heavy atom. The summed E-state index contributed by atoms with van der Waals surface area (Å²) >= 11 is 0. The van der Waals surface area contributed by atoms with Crippen molar-refractivity contribution in [2.75, 3.05) is 21.3 Å². The van der Waals surface area contributed by atoms with Gasteiger partial charge >= 0.3 is 0 Å². The van der Waals surface area contributed by atoms with Crippen LogP contribution in [0.4, 0.5) is 4.39 Å². The van der Waals surface area contributed by atoms with Crippen LogP contribution >= 0.6 is 0 Å². The van der Waals surface area contributed by atoms with E-state index in [1.54, 1.807) is 27.4 Å². The fourth-order valence-electron chi connectivity index (χ4n) is 2.70. The van der Waals surface area contributed by atoms with Crippen LogP contribution in [0, 0.1) is 5.82 Å². The van der Waals surface area contributed by atoms with Gasteiger partial charge in [-0.1, -0.05) is 6.07 Å². The lowest BCUT2D eigenvalue weighted by Crippen LogP contribution is -1.99. The zero-order valence-electron chi connectivity index (χ0n) is 13.7. The van der Waals surface area contributed by atoms with Crippen molar-refractivity contribution in [1.82, 2.24) is 4.57 Å². The molecule has 1 aromatic heterocycles. The molecule has 4 nitrogen and oxygen atoms in total. The molecular formula is C19H18FNO3. The van der Waals surface area contributed by atoms with Crippen LogP contribution < -0.4 is 14.2 Å². The third-order valence-corrected chi connectivity index (χ3v) is 3.80. The second-order valence-corrected chi connectivity index (χ2v) is 5.16. The molecule has 0 radical (unpaired) electrons. The van der Waals surface area contributed by atoms with E-state index < -0.39 is 0 Å². The third-order valence-electron chi connectivity index (χ3n) is 3.80. The van der Waals surface area contributed by atoms with Gasteiger partial charge in [0.1, 0.15) is 5.82 Å². The molecule has 1 heterocycles. The molecule has 0 N–H and O–H groups in total. The lowest BCUT2D eigenvalue weighted by atomic mass is 10.1. The zero-order chi connectivity index (χ0) is 17.1. The van der Waals surface area contributed by atoms with Gasteiger partial charge in [0.2, 0.25) is 5.75 Å². The van der Waals surface area contributed by atoms with E-state index >= 15 is 0 Å². The van der Waals surface area contributed by atoms with E-state index in [1.807, 2.05) is 41.1 Å². The third kappa shape index (κ3) is 2.80. The van der Waals surface area contributed by atoms with Crippen LogP contribution in [0.15, 0.2) is 54.7 Å². The summed E-state index contributed by atoms with van der Waals surface area (Å²) in [4.78, 5) is 0. The summed E-state index contributed by atoms with van der Waals surface area (Å²) in [5, 5.41) is 0.